The quantitative estimate of drug-likeness (QED) is 0.859. The number of nitriles is 1. The summed E-state index contributed by atoms with van der Waals surface area (Å²) in [6, 6.07) is 7.91. The first-order valence-corrected chi connectivity index (χ1v) is 5.74. The average molecular weight is 217 g/mol. The standard InChI is InChI=1S/C12H11NOS/c13-7-9-3-4-12-11(6-9)10(8-15-12)2-1-5-14/h3-4,6,8,14H,1-2,5H2. The molecule has 0 saturated heterocycles. The van der Waals surface area contributed by atoms with Crippen molar-refractivity contribution in [2.45, 2.75) is 12.8 Å². The molecule has 2 aromatic rings. The van der Waals surface area contributed by atoms with Crippen LogP contribution in [0, 0.1) is 11.3 Å². The van der Waals surface area contributed by atoms with Gasteiger partial charge in [-0.2, -0.15) is 5.26 Å². The molecule has 76 valence electrons. The van der Waals surface area contributed by atoms with E-state index in [0.29, 0.717) is 5.56 Å². The Morgan fingerprint density at radius 3 is 3.00 bits per heavy atom. The van der Waals surface area contributed by atoms with Crippen LogP contribution in [-0.2, 0) is 6.42 Å². The molecular weight excluding hydrogens is 206 g/mol. The van der Waals surface area contributed by atoms with Crippen molar-refractivity contribution in [2.75, 3.05) is 6.61 Å². The summed E-state index contributed by atoms with van der Waals surface area (Å²) >= 11 is 1.69. The minimum Gasteiger partial charge on any atom is -0.396 e. The van der Waals surface area contributed by atoms with Gasteiger partial charge in [0.25, 0.3) is 0 Å². The molecule has 0 unspecified atom stereocenters. The molecule has 1 heterocycles. The number of fused-ring (bicyclic) bond motifs is 1. The summed E-state index contributed by atoms with van der Waals surface area (Å²) in [7, 11) is 0. The van der Waals surface area contributed by atoms with E-state index in [-0.39, 0.29) is 6.61 Å². The van der Waals surface area contributed by atoms with Gasteiger partial charge in [-0.15, -0.1) is 11.3 Å². The van der Waals surface area contributed by atoms with Crippen LogP contribution in [0.25, 0.3) is 10.1 Å². The number of aliphatic hydroxyl groups excluding tert-OH is 1. The lowest BCUT2D eigenvalue weighted by Crippen LogP contribution is -1.87. The third kappa shape index (κ3) is 2.01. The lowest BCUT2D eigenvalue weighted by molar-refractivity contribution is 0.289. The number of hydrogen-bond acceptors (Lipinski definition) is 3. The van der Waals surface area contributed by atoms with E-state index in [4.69, 9.17) is 10.4 Å². The van der Waals surface area contributed by atoms with Crippen molar-refractivity contribution in [1.82, 2.24) is 0 Å². The van der Waals surface area contributed by atoms with Gasteiger partial charge in [0.15, 0.2) is 0 Å². The molecule has 1 aromatic heterocycles. The van der Waals surface area contributed by atoms with Crippen LogP contribution in [0.4, 0.5) is 0 Å². The minimum absolute atomic E-state index is 0.218. The van der Waals surface area contributed by atoms with E-state index in [1.165, 1.54) is 10.3 Å². The van der Waals surface area contributed by atoms with Gasteiger partial charge in [0.05, 0.1) is 11.6 Å². The molecule has 2 nitrogen and oxygen atoms in total. The van der Waals surface area contributed by atoms with Gasteiger partial charge in [-0.3, -0.25) is 0 Å². The van der Waals surface area contributed by atoms with E-state index in [1.807, 2.05) is 18.2 Å². The summed E-state index contributed by atoms with van der Waals surface area (Å²) in [6.45, 7) is 0.218. The Kier molecular flexibility index (Phi) is 3.00. The number of hydrogen-bond donors (Lipinski definition) is 1. The molecule has 15 heavy (non-hydrogen) atoms. The highest BCUT2D eigenvalue weighted by atomic mass is 32.1. The van der Waals surface area contributed by atoms with Crippen LogP contribution in [0.5, 0.6) is 0 Å². The lowest BCUT2D eigenvalue weighted by Gasteiger charge is -1.97. The summed E-state index contributed by atoms with van der Waals surface area (Å²) in [5, 5.41) is 20.9. The van der Waals surface area contributed by atoms with Crippen molar-refractivity contribution in [1.29, 1.82) is 5.26 Å². The summed E-state index contributed by atoms with van der Waals surface area (Å²) < 4.78 is 1.21. The SMILES string of the molecule is N#Cc1ccc2scc(CCCO)c2c1. The summed E-state index contributed by atoms with van der Waals surface area (Å²) in [4.78, 5) is 0. The Morgan fingerprint density at radius 1 is 1.40 bits per heavy atom. The zero-order chi connectivity index (χ0) is 10.7. The van der Waals surface area contributed by atoms with Crippen LogP contribution in [0.15, 0.2) is 23.6 Å². The maximum absolute atomic E-state index is 8.81. The van der Waals surface area contributed by atoms with Gasteiger partial charge >= 0.3 is 0 Å². The molecule has 0 aliphatic carbocycles. The van der Waals surface area contributed by atoms with E-state index in [1.54, 1.807) is 11.3 Å². The van der Waals surface area contributed by atoms with Gasteiger partial charge in [0.2, 0.25) is 0 Å². The first kappa shape index (κ1) is 10.2. The second-order valence-corrected chi connectivity index (χ2v) is 4.32. The van der Waals surface area contributed by atoms with Gasteiger partial charge in [-0.05, 0) is 47.4 Å². The molecule has 0 bridgehead atoms. The number of aryl methyl sites for hydroxylation is 1. The summed E-state index contributed by atoms with van der Waals surface area (Å²) in [5.41, 5.74) is 1.94. The second kappa shape index (κ2) is 4.43. The van der Waals surface area contributed by atoms with E-state index >= 15 is 0 Å². The number of benzene rings is 1. The highest BCUT2D eigenvalue weighted by Crippen LogP contribution is 2.27. The molecule has 0 fully saturated rings. The fraction of sp³-hybridized carbons (Fsp3) is 0.250. The van der Waals surface area contributed by atoms with Gasteiger partial charge in [-0.1, -0.05) is 0 Å². The summed E-state index contributed by atoms with van der Waals surface area (Å²) in [6.07, 6.45) is 1.66. The smallest absolute Gasteiger partial charge is 0.0991 e. The molecule has 0 atom stereocenters. The van der Waals surface area contributed by atoms with E-state index in [9.17, 15) is 0 Å². The third-order valence-electron chi connectivity index (χ3n) is 2.39. The maximum atomic E-state index is 8.81. The van der Waals surface area contributed by atoms with Gasteiger partial charge in [-0.25, -0.2) is 0 Å². The predicted octanol–water partition coefficient (Wildman–Crippen LogP) is 2.70. The Hall–Kier alpha value is -1.37. The fourth-order valence-corrected chi connectivity index (χ4v) is 2.59. The molecule has 0 aliphatic rings. The zero-order valence-electron chi connectivity index (χ0n) is 8.23. The lowest BCUT2D eigenvalue weighted by atomic mass is 10.1. The van der Waals surface area contributed by atoms with Crippen molar-refractivity contribution >= 4 is 21.4 Å². The summed E-state index contributed by atoms with van der Waals surface area (Å²) in [5.74, 6) is 0. The number of rotatable bonds is 3. The molecule has 0 radical (unpaired) electrons. The Balaban J connectivity index is 2.43. The van der Waals surface area contributed by atoms with Crippen LogP contribution in [0.1, 0.15) is 17.5 Å². The average Bonchev–Trinajstić information content (AvgIpc) is 2.68. The Labute approximate surface area is 92.4 Å². The van der Waals surface area contributed by atoms with E-state index in [2.05, 4.69) is 11.4 Å². The highest BCUT2D eigenvalue weighted by Gasteiger charge is 2.04. The Bertz CT molecular complexity index is 510. The van der Waals surface area contributed by atoms with Crippen LogP contribution >= 0.6 is 11.3 Å². The van der Waals surface area contributed by atoms with Gasteiger partial charge in [0, 0.05) is 11.3 Å². The van der Waals surface area contributed by atoms with Crippen LogP contribution in [0.2, 0.25) is 0 Å². The second-order valence-electron chi connectivity index (χ2n) is 3.41. The topological polar surface area (TPSA) is 44.0 Å². The number of aliphatic hydroxyl groups is 1. The van der Waals surface area contributed by atoms with E-state index in [0.717, 1.165) is 18.2 Å². The monoisotopic (exact) mass is 217 g/mol. The molecule has 0 saturated carbocycles. The number of nitrogens with zero attached hydrogens (tertiary/aromatic N) is 1. The first-order valence-electron chi connectivity index (χ1n) is 4.86. The van der Waals surface area contributed by atoms with Crippen LogP contribution in [0.3, 0.4) is 0 Å². The highest BCUT2D eigenvalue weighted by molar-refractivity contribution is 7.17. The van der Waals surface area contributed by atoms with Crippen LogP contribution in [-0.4, -0.2) is 11.7 Å². The molecule has 0 spiro atoms. The van der Waals surface area contributed by atoms with Crippen LogP contribution < -0.4 is 0 Å². The molecular formula is C12H11NOS. The van der Waals surface area contributed by atoms with Crippen molar-refractivity contribution in [3.8, 4) is 6.07 Å². The third-order valence-corrected chi connectivity index (χ3v) is 3.40. The van der Waals surface area contributed by atoms with Gasteiger partial charge < -0.3 is 5.11 Å². The zero-order valence-corrected chi connectivity index (χ0v) is 9.05. The van der Waals surface area contributed by atoms with Crippen molar-refractivity contribution in [3.05, 3.63) is 34.7 Å². The van der Waals surface area contributed by atoms with Gasteiger partial charge in [0.1, 0.15) is 0 Å². The maximum Gasteiger partial charge on any atom is 0.0991 e. The van der Waals surface area contributed by atoms with Crippen molar-refractivity contribution < 1.29 is 5.11 Å². The Morgan fingerprint density at radius 2 is 2.27 bits per heavy atom. The van der Waals surface area contributed by atoms with E-state index < -0.39 is 0 Å². The predicted molar refractivity (Wildman–Crippen MR) is 61.9 cm³/mol. The number of thiophene rings is 1. The molecule has 1 aromatic carbocycles. The largest absolute Gasteiger partial charge is 0.396 e. The normalized spacial score (nSPS) is 10.4. The molecule has 0 aliphatic heterocycles. The van der Waals surface area contributed by atoms with Crippen molar-refractivity contribution in [2.24, 2.45) is 0 Å². The molecule has 3 heteroatoms. The minimum atomic E-state index is 0.218. The molecule has 0 amide bonds. The fourth-order valence-electron chi connectivity index (χ4n) is 1.61. The first-order chi connectivity index (χ1) is 7.35. The molecule has 2 rings (SSSR count). The molecule has 1 N–H and O–H groups in total. The van der Waals surface area contributed by atoms with Crippen molar-refractivity contribution in [3.63, 3.8) is 0 Å².